The summed E-state index contributed by atoms with van der Waals surface area (Å²) in [5, 5.41) is 0. The first kappa shape index (κ1) is 19.2. The van der Waals surface area contributed by atoms with Crippen LogP contribution in [0.1, 0.15) is 42.7 Å². The summed E-state index contributed by atoms with van der Waals surface area (Å²) in [5.41, 5.74) is 4.30. The molecular formula is C24H25NO4. The summed E-state index contributed by atoms with van der Waals surface area (Å²) in [4.78, 5) is 28.1. The minimum atomic E-state index is -0.323. The first-order valence-electron chi connectivity index (χ1n) is 9.91. The third-order valence-electron chi connectivity index (χ3n) is 5.75. The summed E-state index contributed by atoms with van der Waals surface area (Å²) in [6.07, 6.45) is 2.21. The van der Waals surface area contributed by atoms with E-state index in [2.05, 4.69) is 0 Å². The van der Waals surface area contributed by atoms with Crippen LogP contribution >= 0.6 is 0 Å². The normalized spacial score (nSPS) is 19.3. The average molecular weight is 391 g/mol. The first-order valence-corrected chi connectivity index (χ1v) is 9.91. The lowest BCUT2D eigenvalue weighted by molar-refractivity contribution is -0.119. The van der Waals surface area contributed by atoms with E-state index in [0.717, 1.165) is 34.5 Å². The van der Waals surface area contributed by atoms with Crippen LogP contribution in [0.2, 0.25) is 0 Å². The summed E-state index contributed by atoms with van der Waals surface area (Å²) < 4.78 is 10.9. The molecule has 0 saturated carbocycles. The molecule has 0 N–H and O–H groups in total. The maximum Gasteiger partial charge on any atom is 0.232 e. The summed E-state index contributed by atoms with van der Waals surface area (Å²) in [5.74, 6) is 1.14. The van der Waals surface area contributed by atoms with Crippen LogP contribution in [0.15, 0.2) is 53.7 Å². The fourth-order valence-electron chi connectivity index (χ4n) is 4.44. The highest BCUT2D eigenvalue weighted by molar-refractivity contribution is 6.07. The van der Waals surface area contributed by atoms with Crippen molar-refractivity contribution >= 4 is 17.4 Å². The topological polar surface area (TPSA) is 55.8 Å². The van der Waals surface area contributed by atoms with Crippen LogP contribution in [0.3, 0.4) is 0 Å². The first-order chi connectivity index (χ1) is 14.0. The molecule has 2 aromatic rings. The molecule has 0 spiro atoms. The number of carbonyl (C=O) groups excluding carboxylic acids is 2. The number of Topliss-reactive ketones (excluding diaryl/α,β-unsaturated/α-hetero) is 1. The second-order valence-electron chi connectivity index (χ2n) is 7.57. The number of hydrogen-bond acceptors (Lipinski definition) is 4. The lowest BCUT2D eigenvalue weighted by Crippen LogP contribution is -2.40. The monoisotopic (exact) mass is 391 g/mol. The molecule has 2 aliphatic rings. The van der Waals surface area contributed by atoms with Crippen molar-refractivity contribution in [2.75, 3.05) is 19.1 Å². The lowest BCUT2D eigenvalue weighted by atomic mass is 9.76. The molecule has 0 fully saturated rings. The van der Waals surface area contributed by atoms with Gasteiger partial charge in [0, 0.05) is 41.3 Å². The highest BCUT2D eigenvalue weighted by Crippen LogP contribution is 2.46. The molecule has 0 radical (unpaired) electrons. The van der Waals surface area contributed by atoms with E-state index in [-0.39, 0.29) is 24.0 Å². The molecule has 0 aromatic heterocycles. The van der Waals surface area contributed by atoms with Gasteiger partial charge in [0.1, 0.15) is 11.5 Å². The second-order valence-corrected chi connectivity index (χ2v) is 7.57. The number of aryl methyl sites for hydroxylation is 1. The van der Waals surface area contributed by atoms with E-state index in [1.807, 2.05) is 49.4 Å². The van der Waals surface area contributed by atoms with Gasteiger partial charge in [-0.05, 0) is 55.7 Å². The predicted octanol–water partition coefficient (Wildman–Crippen LogP) is 4.54. The van der Waals surface area contributed by atoms with Crippen molar-refractivity contribution in [2.24, 2.45) is 0 Å². The van der Waals surface area contributed by atoms with Crippen LogP contribution in [0.4, 0.5) is 5.69 Å². The number of carbonyl (C=O) groups is 2. The molecule has 1 aliphatic heterocycles. The van der Waals surface area contributed by atoms with E-state index < -0.39 is 0 Å². The fourth-order valence-corrected chi connectivity index (χ4v) is 4.44. The van der Waals surface area contributed by atoms with E-state index in [1.54, 1.807) is 19.1 Å². The molecule has 1 atom stereocenters. The van der Waals surface area contributed by atoms with Gasteiger partial charge in [-0.25, -0.2) is 0 Å². The van der Waals surface area contributed by atoms with Crippen molar-refractivity contribution < 1.29 is 19.1 Å². The van der Waals surface area contributed by atoms with Gasteiger partial charge in [-0.2, -0.15) is 0 Å². The van der Waals surface area contributed by atoms with Gasteiger partial charge >= 0.3 is 0 Å². The molecule has 4 rings (SSSR count). The Bertz CT molecular complexity index is 1010. The number of hydrogen-bond donors (Lipinski definition) is 0. The number of nitrogens with zero attached hydrogens (tertiary/aromatic N) is 1. The predicted molar refractivity (Wildman–Crippen MR) is 111 cm³/mol. The number of amides is 1. The average Bonchev–Trinajstić information content (AvgIpc) is 2.72. The Morgan fingerprint density at radius 3 is 2.55 bits per heavy atom. The third kappa shape index (κ3) is 3.41. The molecular weight excluding hydrogens is 366 g/mol. The van der Waals surface area contributed by atoms with Gasteiger partial charge in [-0.1, -0.05) is 12.1 Å². The maximum absolute atomic E-state index is 13.3. The highest BCUT2D eigenvalue weighted by atomic mass is 16.5. The van der Waals surface area contributed by atoms with Crippen LogP contribution in [-0.2, 0) is 9.59 Å². The SMILES string of the molecule is COc1ccc(OC)c(C2CC(=O)N(c3cccc(C)c3)C3=C2C(=O)CCC3)c1. The Balaban J connectivity index is 1.89. The fraction of sp³-hybridized carbons (Fsp3) is 0.333. The largest absolute Gasteiger partial charge is 0.497 e. The van der Waals surface area contributed by atoms with Crippen molar-refractivity contribution in [1.82, 2.24) is 0 Å². The van der Waals surface area contributed by atoms with Crippen molar-refractivity contribution in [3.8, 4) is 11.5 Å². The Hall–Kier alpha value is -3.08. The highest BCUT2D eigenvalue weighted by Gasteiger charge is 2.40. The van der Waals surface area contributed by atoms with E-state index in [1.165, 1.54) is 0 Å². The quantitative estimate of drug-likeness (QED) is 0.768. The van der Waals surface area contributed by atoms with Crippen LogP contribution in [0, 0.1) is 6.92 Å². The van der Waals surface area contributed by atoms with Gasteiger partial charge < -0.3 is 9.47 Å². The number of methoxy groups -OCH3 is 2. The van der Waals surface area contributed by atoms with Gasteiger partial charge in [-0.15, -0.1) is 0 Å². The molecule has 0 bridgehead atoms. The van der Waals surface area contributed by atoms with E-state index in [9.17, 15) is 9.59 Å². The van der Waals surface area contributed by atoms with Gasteiger partial charge in [0.05, 0.1) is 14.2 Å². The van der Waals surface area contributed by atoms with Crippen LogP contribution in [0.25, 0.3) is 0 Å². The van der Waals surface area contributed by atoms with Gasteiger partial charge in [0.25, 0.3) is 0 Å². The van der Waals surface area contributed by atoms with E-state index in [0.29, 0.717) is 24.3 Å². The van der Waals surface area contributed by atoms with E-state index in [4.69, 9.17) is 9.47 Å². The smallest absolute Gasteiger partial charge is 0.232 e. The number of ketones is 1. The second kappa shape index (κ2) is 7.74. The number of benzene rings is 2. The number of rotatable bonds is 4. The zero-order chi connectivity index (χ0) is 20.5. The maximum atomic E-state index is 13.3. The summed E-state index contributed by atoms with van der Waals surface area (Å²) in [7, 11) is 3.21. The number of allylic oxidation sites excluding steroid dienone is 2. The molecule has 2 aromatic carbocycles. The summed E-state index contributed by atoms with van der Waals surface area (Å²) >= 11 is 0. The molecule has 29 heavy (non-hydrogen) atoms. The van der Waals surface area contributed by atoms with Crippen LogP contribution in [-0.4, -0.2) is 25.9 Å². The Morgan fingerprint density at radius 2 is 1.83 bits per heavy atom. The van der Waals surface area contributed by atoms with E-state index >= 15 is 0 Å². The van der Waals surface area contributed by atoms with Crippen molar-refractivity contribution in [1.29, 1.82) is 0 Å². The van der Waals surface area contributed by atoms with Gasteiger partial charge in [-0.3, -0.25) is 14.5 Å². The zero-order valence-electron chi connectivity index (χ0n) is 17.0. The molecule has 1 unspecified atom stereocenters. The molecule has 0 saturated heterocycles. The van der Waals surface area contributed by atoms with Crippen molar-refractivity contribution in [3.05, 3.63) is 64.9 Å². The lowest BCUT2D eigenvalue weighted by Gasteiger charge is -2.38. The zero-order valence-corrected chi connectivity index (χ0v) is 17.0. The van der Waals surface area contributed by atoms with Crippen LogP contribution in [0.5, 0.6) is 11.5 Å². The molecule has 5 nitrogen and oxygen atoms in total. The van der Waals surface area contributed by atoms with Gasteiger partial charge in [0.2, 0.25) is 5.91 Å². The Morgan fingerprint density at radius 1 is 1.00 bits per heavy atom. The third-order valence-corrected chi connectivity index (χ3v) is 5.75. The van der Waals surface area contributed by atoms with Gasteiger partial charge in [0.15, 0.2) is 5.78 Å². The Kier molecular flexibility index (Phi) is 5.14. The standard InChI is InChI=1S/C24H25NO4/c1-15-6-4-7-16(12-15)25-20-8-5-9-21(26)24(20)19(14-23(25)27)18-13-17(28-2)10-11-22(18)29-3/h4,6-7,10-13,19H,5,8-9,14H2,1-3H3. The molecule has 5 heteroatoms. The minimum Gasteiger partial charge on any atom is -0.497 e. The molecule has 1 amide bonds. The number of ether oxygens (including phenoxy) is 2. The molecule has 1 heterocycles. The van der Waals surface area contributed by atoms with Crippen LogP contribution < -0.4 is 14.4 Å². The summed E-state index contributed by atoms with van der Waals surface area (Å²) in [6.45, 7) is 2.00. The minimum absolute atomic E-state index is 0.000997. The number of anilines is 1. The summed E-state index contributed by atoms with van der Waals surface area (Å²) in [6, 6.07) is 13.4. The molecule has 1 aliphatic carbocycles. The van der Waals surface area contributed by atoms with Crippen molar-refractivity contribution in [3.63, 3.8) is 0 Å². The van der Waals surface area contributed by atoms with Crippen molar-refractivity contribution in [2.45, 2.75) is 38.5 Å². The Labute approximate surface area is 170 Å². The molecule has 150 valence electrons.